The summed E-state index contributed by atoms with van der Waals surface area (Å²) in [4.78, 5) is 14.5. The van der Waals surface area contributed by atoms with Gasteiger partial charge in [-0.25, -0.2) is 5.43 Å². The van der Waals surface area contributed by atoms with Crippen molar-refractivity contribution in [1.82, 2.24) is 5.43 Å². The lowest BCUT2D eigenvalue weighted by atomic mass is 10.2. The van der Waals surface area contributed by atoms with E-state index in [0.717, 1.165) is 36.0 Å². The van der Waals surface area contributed by atoms with E-state index in [-0.39, 0.29) is 5.91 Å². The lowest BCUT2D eigenvalue weighted by Gasteiger charge is -2.23. The van der Waals surface area contributed by atoms with Crippen LogP contribution >= 0.6 is 15.9 Å². The first-order valence-electron chi connectivity index (χ1n) is 8.58. The van der Waals surface area contributed by atoms with Crippen LogP contribution in [0.2, 0.25) is 0 Å². The van der Waals surface area contributed by atoms with Crippen LogP contribution < -0.4 is 10.3 Å². The van der Waals surface area contributed by atoms with E-state index in [2.05, 4.69) is 57.3 Å². The van der Waals surface area contributed by atoms with Crippen molar-refractivity contribution >= 4 is 33.7 Å². The zero-order valence-electron chi connectivity index (χ0n) is 14.7. The van der Waals surface area contributed by atoms with Crippen LogP contribution in [0.25, 0.3) is 0 Å². The Bertz CT molecular complexity index is 707. The van der Waals surface area contributed by atoms with Crippen molar-refractivity contribution in [3.63, 3.8) is 0 Å². The van der Waals surface area contributed by atoms with Crippen LogP contribution in [0.3, 0.4) is 0 Å². The van der Waals surface area contributed by atoms with Gasteiger partial charge in [-0.2, -0.15) is 5.10 Å². The average molecular weight is 402 g/mol. The molecule has 0 aromatic heterocycles. The Labute approximate surface area is 158 Å². The molecule has 0 unspecified atom stereocenters. The number of carbonyl (C=O) groups is 1. The molecule has 0 saturated carbocycles. The van der Waals surface area contributed by atoms with E-state index in [1.54, 1.807) is 12.3 Å². The van der Waals surface area contributed by atoms with Crippen LogP contribution in [0, 0.1) is 0 Å². The summed E-state index contributed by atoms with van der Waals surface area (Å²) < 4.78 is 0.749. The highest BCUT2D eigenvalue weighted by Gasteiger charge is 2.07. The fourth-order valence-electron chi connectivity index (χ4n) is 2.55. The molecule has 0 spiro atoms. The minimum Gasteiger partial charge on any atom is -0.372 e. The van der Waals surface area contributed by atoms with Crippen LogP contribution in [0.4, 0.5) is 5.69 Å². The van der Waals surface area contributed by atoms with Crippen LogP contribution in [0.15, 0.2) is 58.1 Å². The fourth-order valence-corrected chi connectivity index (χ4v) is 3.02. The first kappa shape index (κ1) is 19.2. The maximum absolute atomic E-state index is 12.1. The number of rotatable bonds is 8. The van der Waals surface area contributed by atoms with E-state index in [9.17, 15) is 4.79 Å². The van der Waals surface area contributed by atoms with Crippen molar-refractivity contribution in [1.29, 1.82) is 0 Å². The number of amides is 1. The molecule has 5 heteroatoms. The highest BCUT2D eigenvalue weighted by Crippen LogP contribution is 2.16. The highest BCUT2D eigenvalue weighted by atomic mass is 79.9. The van der Waals surface area contributed by atoms with Gasteiger partial charge >= 0.3 is 0 Å². The van der Waals surface area contributed by atoms with Crippen LogP contribution in [-0.2, 0) is 0 Å². The van der Waals surface area contributed by atoms with Gasteiger partial charge in [0, 0.05) is 23.2 Å². The number of halogens is 1. The lowest BCUT2D eigenvalue weighted by molar-refractivity contribution is 0.0954. The first-order valence-corrected chi connectivity index (χ1v) is 9.38. The number of carbonyl (C=O) groups excluding carboxylic acids is 1. The highest BCUT2D eigenvalue weighted by molar-refractivity contribution is 9.10. The molecule has 25 heavy (non-hydrogen) atoms. The van der Waals surface area contributed by atoms with Gasteiger partial charge in [0.1, 0.15) is 0 Å². The predicted octanol–water partition coefficient (Wildman–Crippen LogP) is 4.84. The third-order valence-corrected chi connectivity index (χ3v) is 4.43. The van der Waals surface area contributed by atoms with Crippen molar-refractivity contribution in [3.05, 3.63) is 64.1 Å². The van der Waals surface area contributed by atoms with Crippen LogP contribution in [0.1, 0.15) is 42.6 Å². The lowest BCUT2D eigenvalue weighted by Crippen LogP contribution is -2.24. The third kappa shape index (κ3) is 5.71. The minimum absolute atomic E-state index is 0.239. The number of hydrogen-bond donors (Lipinski definition) is 1. The molecular weight excluding hydrogens is 378 g/mol. The Balaban J connectivity index is 1.97. The zero-order valence-corrected chi connectivity index (χ0v) is 16.3. The summed E-state index contributed by atoms with van der Waals surface area (Å²) in [5, 5.41) is 4.05. The maximum Gasteiger partial charge on any atom is 0.272 e. The maximum atomic E-state index is 12.1. The second-order valence-corrected chi connectivity index (χ2v) is 6.61. The third-order valence-electron chi connectivity index (χ3n) is 3.74. The standard InChI is InChI=1S/C20H24BrN3O/c1-3-13-24(14-4-2)17-11-9-16(10-12-17)15-22-23-20(25)18-7-5-6-8-19(18)21/h5-12,15H,3-4,13-14H2,1-2H3,(H,23,25)/b22-15-. The van der Waals surface area contributed by atoms with E-state index < -0.39 is 0 Å². The minimum atomic E-state index is -0.239. The summed E-state index contributed by atoms with van der Waals surface area (Å²) in [5.41, 5.74) is 5.29. The van der Waals surface area contributed by atoms with Gasteiger partial charge in [-0.05, 0) is 58.6 Å². The van der Waals surface area contributed by atoms with Crippen LogP contribution in [0.5, 0.6) is 0 Å². The van der Waals surface area contributed by atoms with Crippen molar-refractivity contribution in [2.24, 2.45) is 5.10 Å². The van der Waals surface area contributed by atoms with Gasteiger partial charge in [0.2, 0.25) is 0 Å². The second-order valence-electron chi connectivity index (χ2n) is 5.76. The summed E-state index contributed by atoms with van der Waals surface area (Å²) >= 11 is 3.36. The number of hydrazone groups is 1. The van der Waals surface area contributed by atoms with Crippen LogP contribution in [-0.4, -0.2) is 25.2 Å². The van der Waals surface area contributed by atoms with Gasteiger partial charge in [0.25, 0.3) is 5.91 Å². The molecule has 0 bridgehead atoms. The summed E-state index contributed by atoms with van der Waals surface area (Å²) in [6.07, 6.45) is 3.91. The fraction of sp³-hybridized carbons (Fsp3) is 0.300. The molecule has 1 N–H and O–H groups in total. The topological polar surface area (TPSA) is 44.7 Å². The van der Waals surface area contributed by atoms with Crippen molar-refractivity contribution in [2.75, 3.05) is 18.0 Å². The largest absolute Gasteiger partial charge is 0.372 e. The van der Waals surface area contributed by atoms with Gasteiger partial charge in [-0.3, -0.25) is 4.79 Å². The average Bonchev–Trinajstić information content (AvgIpc) is 2.62. The molecule has 132 valence electrons. The summed E-state index contributed by atoms with van der Waals surface area (Å²) in [5.74, 6) is -0.239. The summed E-state index contributed by atoms with van der Waals surface area (Å²) in [6.45, 7) is 6.50. The molecule has 0 aliphatic rings. The molecular formula is C20H24BrN3O. The molecule has 0 radical (unpaired) electrons. The van der Waals surface area contributed by atoms with Crippen molar-refractivity contribution in [3.8, 4) is 0 Å². The van der Waals surface area contributed by atoms with Gasteiger partial charge in [-0.15, -0.1) is 0 Å². The molecule has 0 heterocycles. The number of hydrogen-bond acceptors (Lipinski definition) is 3. The molecule has 0 fully saturated rings. The second kappa shape index (κ2) is 9.99. The summed E-state index contributed by atoms with van der Waals surface area (Å²) in [6, 6.07) is 15.5. The summed E-state index contributed by atoms with van der Waals surface area (Å²) in [7, 11) is 0. The molecule has 0 atom stereocenters. The van der Waals surface area contributed by atoms with Crippen molar-refractivity contribution < 1.29 is 4.79 Å². The molecule has 1 amide bonds. The van der Waals surface area contributed by atoms with Gasteiger partial charge in [0.15, 0.2) is 0 Å². The number of anilines is 1. The van der Waals surface area contributed by atoms with E-state index in [0.29, 0.717) is 5.56 Å². The SMILES string of the molecule is CCCN(CCC)c1ccc(/C=N\NC(=O)c2ccccc2Br)cc1. The monoisotopic (exact) mass is 401 g/mol. The molecule has 0 aliphatic carbocycles. The number of benzene rings is 2. The molecule has 0 saturated heterocycles. The smallest absolute Gasteiger partial charge is 0.272 e. The van der Waals surface area contributed by atoms with Gasteiger partial charge in [-0.1, -0.05) is 38.1 Å². The Kier molecular flexibility index (Phi) is 7.67. The Morgan fingerprint density at radius 1 is 1.08 bits per heavy atom. The van der Waals surface area contributed by atoms with E-state index in [4.69, 9.17) is 0 Å². The Morgan fingerprint density at radius 3 is 2.32 bits per heavy atom. The quantitative estimate of drug-likeness (QED) is 0.507. The van der Waals surface area contributed by atoms with E-state index in [1.807, 2.05) is 30.3 Å². The Hall–Kier alpha value is -2.14. The molecule has 2 aromatic carbocycles. The van der Waals surface area contributed by atoms with E-state index >= 15 is 0 Å². The first-order chi connectivity index (χ1) is 12.2. The number of nitrogens with one attached hydrogen (secondary N) is 1. The molecule has 4 nitrogen and oxygen atoms in total. The zero-order chi connectivity index (χ0) is 18.1. The molecule has 2 rings (SSSR count). The normalized spacial score (nSPS) is 10.8. The number of nitrogens with zero attached hydrogens (tertiary/aromatic N) is 2. The molecule has 0 aliphatic heterocycles. The van der Waals surface area contributed by atoms with Gasteiger partial charge in [0.05, 0.1) is 11.8 Å². The van der Waals surface area contributed by atoms with Gasteiger partial charge < -0.3 is 4.90 Å². The Morgan fingerprint density at radius 2 is 1.72 bits per heavy atom. The van der Waals surface area contributed by atoms with Crippen molar-refractivity contribution in [2.45, 2.75) is 26.7 Å². The molecule has 2 aromatic rings. The predicted molar refractivity (Wildman–Crippen MR) is 108 cm³/mol. The van der Waals surface area contributed by atoms with E-state index in [1.165, 1.54) is 5.69 Å².